The molecule has 0 heterocycles. The van der Waals surface area contributed by atoms with Crippen LogP contribution in [0.15, 0.2) is 29.8 Å². The van der Waals surface area contributed by atoms with Crippen molar-refractivity contribution in [1.29, 1.82) is 0 Å². The number of allylic oxidation sites excluding steroid dienone is 1. The maximum Gasteiger partial charge on any atom is 0.144 e. The number of nitrogen functional groups attached to an aromatic ring is 1. The molecule has 76 valence electrons. The first kappa shape index (κ1) is 10.9. The average molecular weight is 212 g/mol. The summed E-state index contributed by atoms with van der Waals surface area (Å²) in [6.45, 7) is 4.56. The molecule has 0 saturated heterocycles. The third-order valence-electron chi connectivity index (χ3n) is 1.71. The summed E-state index contributed by atoms with van der Waals surface area (Å²) in [5.74, 6) is 0.634. The highest BCUT2D eigenvalue weighted by Crippen LogP contribution is 2.25. The molecule has 1 aromatic rings. The van der Waals surface area contributed by atoms with Gasteiger partial charge in [0.15, 0.2) is 0 Å². The fourth-order valence-electron chi connectivity index (χ4n) is 0.931. The minimum absolute atomic E-state index is 0.521. The average Bonchev–Trinajstić information content (AvgIpc) is 2.10. The quantitative estimate of drug-likeness (QED) is 0.615. The molecule has 0 spiro atoms. The summed E-state index contributed by atoms with van der Waals surface area (Å²) in [6.07, 6.45) is 1.99. The third-order valence-corrected chi connectivity index (χ3v) is 1.94. The lowest BCUT2D eigenvalue weighted by Crippen LogP contribution is -1.98. The summed E-state index contributed by atoms with van der Waals surface area (Å²) >= 11 is 5.81. The van der Waals surface area contributed by atoms with Crippen LogP contribution >= 0.6 is 11.6 Å². The standard InChI is InChI=1S/C11H14ClNO/c1-8(2)5-6-14-11-7-9(12)3-4-10(11)13/h3-5,7H,6,13H2,1-2H3. The number of anilines is 1. The van der Waals surface area contributed by atoms with Crippen LogP contribution in [0, 0.1) is 0 Å². The largest absolute Gasteiger partial charge is 0.487 e. The Balaban J connectivity index is 2.67. The van der Waals surface area contributed by atoms with Gasteiger partial charge < -0.3 is 10.5 Å². The molecular weight excluding hydrogens is 198 g/mol. The van der Waals surface area contributed by atoms with Gasteiger partial charge in [0.05, 0.1) is 5.69 Å². The van der Waals surface area contributed by atoms with Crippen LogP contribution in [0.4, 0.5) is 5.69 Å². The zero-order chi connectivity index (χ0) is 10.6. The van der Waals surface area contributed by atoms with Crippen molar-refractivity contribution in [2.45, 2.75) is 13.8 Å². The SMILES string of the molecule is CC(C)=CCOc1cc(Cl)ccc1N. The van der Waals surface area contributed by atoms with Gasteiger partial charge in [-0.2, -0.15) is 0 Å². The van der Waals surface area contributed by atoms with E-state index in [4.69, 9.17) is 22.1 Å². The Morgan fingerprint density at radius 1 is 1.50 bits per heavy atom. The highest BCUT2D eigenvalue weighted by atomic mass is 35.5. The zero-order valence-corrected chi connectivity index (χ0v) is 9.14. The summed E-state index contributed by atoms with van der Waals surface area (Å²) in [7, 11) is 0. The van der Waals surface area contributed by atoms with Crippen molar-refractivity contribution < 1.29 is 4.74 Å². The van der Waals surface area contributed by atoms with Crippen molar-refractivity contribution in [3.8, 4) is 5.75 Å². The van der Waals surface area contributed by atoms with Gasteiger partial charge in [0.1, 0.15) is 12.4 Å². The Hall–Kier alpha value is -1.15. The number of hydrogen-bond acceptors (Lipinski definition) is 2. The lowest BCUT2D eigenvalue weighted by atomic mass is 10.3. The fourth-order valence-corrected chi connectivity index (χ4v) is 1.09. The molecule has 0 fully saturated rings. The van der Waals surface area contributed by atoms with Gasteiger partial charge >= 0.3 is 0 Å². The van der Waals surface area contributed by atoms with Gasteiger partial charge in [-0.1, -0.05) is 17.2 Å². The molecule has 2 N–H and O–H groups in total. The van der Waals surface area contributed by atoms with Crippen LogP contribution in [-0.2, 0) is 0 Å². The van der Waals surface area contributed by atoms with E-state index in [0.717, 1.165) is 0 Å². The Labute approximate surface area is 89.3 Å². The van der Waals surface area contributed by atoms with Gasteiger partial charge in [-0.05, 0) is 32.1 Å². The number of hydrogen-bond donors (Lipinski definition) is 1. The Morgan fingerprint density at radius 3 is 2.86 bits per heavy atom. The molecule has 0 aromatic heterocycles. The van der Waals surface area contributed by atoms with Crippen LogP contribution in [0.25, 0.3) is 0 Å². The maximum atomic E-state index is 5.81. The van der Waals surface area contributed by atoms with Crippen molar-refractivity contribution in [1.82, 2.24) is 0 Å². The first-order valence-corrected chi connectivity index (χ1v) is 4.78. The van der Waals surface area contributed by atoms with E-state index in [0.29, 0.717) is 23.1 Å². The molecule has 0 aliphatic carbocycles. The molecule has 0 unspecified atom stereocenters. The highest BCUT2D eigenvalue weighted by molar-refractivity contribution is 6.30. The van der Waals surface area contributed by atoms with E-state index in [-0.39, 0.29) is 0 Å². The third kappa shape index (κ3) is 3.30. The normalized spacial score (nSPS) is 9.64. The molecule has 1 rings (SSSR count). The summed E-state index contributed by atoms with van der Waals surface area (Å²) in [6, 6.07) is 5.20. The minimum atomic E-state index is 0.521. The smallest absolute Gasteiger partial charge is 0.144 e. The van der Waals surface area contributed by atoms with Gasteiger partial charge in [0.25, 0.3) is 0 Å². The fraction of sp³-hybridized carbons (Fsp3) is 0.273. The summed E-state index contributed by atoms with van der Waals surface area (Å²) in [5, 5.41) is 0.631. The van der Waals surface area contributed by atoms with E-state index in [2.05, 4.69) is 0 Å². The van der Waals surface area contributed by atoms with Crippen LogP contribution in [-0.4, -0.2) is 6.61 Å². The maximum absolute atomic E-state index is 5.81. The molecule has 1 aromatic carbocycles. The summed E-state index contributed by atoms with van der Waals surface area (Å²) in [4.78, 5) is 0. The van der Waals surface area contributed by atoms with Crippen LogP contribution in [0.3, 0.4) is 0 Å². The number of rotatable bonds is 3. The van der Waals surface area contributed by atoms with Gasteiger partial charge in [0, 0.05) is 11.1 Å². The number of halogens is 1. The molecule has 0 saturated carbocycles. The first-order chi connectivity index (χ1) is 6.59. The van der Waals surface area contributed by atoms with E-state index in [1.807, 2.05) is 19.9 Å². The van der Waals surface area contributed by atoms with Gasteiger partial charge in [-0.3, -0.25) is 0 Å². The highest BCUT2D eigenvalue weighted by Gasteiger charge is 1.99. The number of nitrogens with two attached hydrogens (primary N) is 1. The van der Waals surface area contributed by atoms with E-state index in [1.165, 1.54) is 5.57 Å². The van der Waals surface area contributed by atoms with E-state index in [1.54, 1.807) is 18.2 Å². The van der Waals surface area contributed by atoms with Crippen molar-refractivity contribution in [2.24, 2.45) is 0 Å². The number of ether oxygens (including phenoxy) is 1. The summed E-state index contributed by atoms with van der Waals surface area (Å²) in [5.41, 5.74) is 7.52. The monoisotopic (exact) mass is 211 g/mol. The van der Waals surface area contributed by atoms with Crippen LogP contribution in [0.5, 0.6) is 5.75 Å². The Kier molecular flexibility index (Phi) is 3.84. The topological polar surface area (TPSA) is 35.2 Å². The minimum Gasteiger partial charge on any atom is -0.487 e. The molecule has 0 bridgehead atoms. The van der Waals surface area contributed by atoms with Gasteiger partial charge in [-0.25, -0.2) is 0 Å². The second-order valence-electron chi connectivity index (χ2n) is 3.27. The lowest BCUT2D eigenvalue weighted by Gasteiger charge is -2.06. The van der Waals surface area contributed by atoms with E-state index >= 15 is 0 Å². The van der Waals surface area contributed by atoms with Gasteiger partial charge in [0.2, 0.25) is 0 Å². The van der Waals surface area contributed by atoms with Gasteiger partial charge in [-0.15, -0.1) is 0 Å². The molecular formula is C11H14ClNO. The van der Waals surface area contributed by atoms with Crippen molar-refractivity contribution >= 4 is 17.3 Å². The molecule has 0 amide bonds. The first-order valence-electron chi connectivity index (χ1n) is 4.41. The predicted octanol–water partition coefficient (Wildman–Crippen LogP) is 3.27. The molecule has 0 aliphatic heterocycles. The molecule has 14 heavy (non-hydrogen) atoms. The molecule has 3 heteroatoms. The van der Waals surface area contributed by atoms with E-state index < -0.39 is 0 Å². The second-order valence-corrected chi connectivity index (χ2v) is 3.71. The molecule has 2 nitrogen and oxygen atoms in total. The predicted molar refractivity (Wildman–Crippen MR) is 60.8 cm³/mol. The summed E-state index contributed by atoms with van der Waals surface area (Å²) < 4.78 is 5.44. The Bertz CT molecular complexity index is 343. The van der Waals surface area contributed by atoms with E-state index in [9.17, 15) is 0 Å². The van der Waals surface area contributed by atoms with Crippen LogP contribution in [0.2, 0.25) is 5.02 Å². The lowest BCUT2D eigenvalue weighted by molar-refractivity contribution is 0.364. The Morgan fingerprint density at radius 2 is 2.21 bits per heavy atom. The second kappa shape index (κ2) is 4.91. The molecule has 0 aliphatic rings. The van der Waals surface area contributed by atoms with Crippen molar-refractivity contribution in [3.63, 3.8) is 0 Å². The molecule has 0 atom stereocenters. The van der Waals surface area contributed by atoms with Crippen LogP contribution in [0.1, 0.15) is 13.8 Å². The zero-order valence-electron chi connectivity index (χ0n) is 8.38. The van der Waals surface area contributed by atoms with Crippen molar-refractivity contribution in [3.05, 3.63) is 34.9 Å². The van der Waals surface area contributed by atoms with Crippen molar-refractivity contribution in [2.75, 3.05) is 12.3 Å². The van der Waals surface area contributed by atoms with Crippen LogP contribution < -0.4 is 10.5 Å². The molecule has 0 radical (unpaired) electrons. The number of benzene rings is 1.